The Bertz CT molecular complexity index is 544. The maximum absolute atomic E-state index is 12.2. The molecule has 0 radical (unpaired) electrons. The Morgan fingerprint density at radius 1 is 1.21 bits per heavy atom. The van der Waals surface area contributed by atoms with Gasteiger partial charge in [-0.3, -0.25) is 9.69 Å². The average Bonchev–Trinajstić information content (AvgIpc) is 3.07. The van der Waals surface area contributed by atoms with E-state index in [9.17, 15) is 4.79 Å². The fourth-order valence-electron chi connectivity index (χ4n) is 4.25. The summed E-state index contributed by atoms with van der Waals surface area (Å²) in [5.41, 5.74) is 2.60. The molecule has 3 atom stereocenters. The van der Waals surface area contributed by atoms with E-state index in [0.29, 0.717) is 6.54 Å². The van der Waals surface area contributed by atoms with Gasteiger partial charge in [0, 0.05) is 32.7 Å². The summed E-state index contributed by atoms with van der Waals surface area (Å²) in [6, 6.07) is 8.55. The van der Waals surface area contributed by atoms with Gasteiger partial charge in [-0.15, -0.1) is 0 Å². The summed E-state index contributed by atoms with van der Waals surface area (Å²) in [6.07, 6.45) is 2.29. The van der Waals surface area contributed by atoms with Gasteiger partial charge >= 0.3 is 0 Å². The van der Waals surface area contributed by atoms with Gasteiger partial charge in [0.1, 0.15) is 0 Å². The Hall–Kier alpha value is -1.39. The van der Waals surface area contributed by atoms with E-state index in [1.807, 2.05) is 0 Å². The van der Waals surface area contributed by atoms with Crippen LogP contribution >= 0.6 is 0 Å². The average molecular weight is 329 g/mol. The van der Waals surface area contributed by atoms with Crippen LogP contribution in [0.25, 0.3) is 0 Å². The van der Waals surface area contributed by atoms with Crippen molar-refractivity contribution in [3.8, 4) is 0 Å². The first-order valence-corrected chi connectivity index (χ1v) is 9.39. The molecule has 0 spiro atoms. The third-order valence-corrected chi connectivity index (χ3v) is 5.34. The number of rotatable bonds is 5. The molecule has 24 heavy (non-hydrogen) atoms. The molecule has 4 heteroatoms. The van der Waals surface area contributed by atoms with Crippen LogP contribution in [-0.2, 0) is 17.9 Å². The van der Waals surface area contributed by atoms with Gasteiger partial charge in [0.2, 0.25) is 5.91 Å². The Morgan fingerprint density at radius 3 is 2.58 bits per heavy atom. The molecule has 2 saturated heterocycles. The minimum Gasteiger partial charge on any atom is -0.352 e. The lowest BCUT2D eigenvalue weighted by molar-refractivity contribution is -0.124. The Balaban J connectivity index is 1.59. The second-order valence-electron chi connectivity index (χ2n) is 7.82. The van der Waals surface area contributed by atoms with Crippen LogP contribution in [0.15, 0.2) is 24.3 Å². The molecule has 3 unspecified atom stereocenters. The van der Waals surface area contributed by atoms with Crippen molar-refractivity contribution in [1.82, 2.24) is 15.5 Å². The number of nitrogens with zero attached hydrogens (tertiary/aromatic N) is 1. The minimum absolute atomic E-state index is 0.140. The van der Waals surface area contributed by atoms with Crippen molar-refractivity contribution >= 4 is 5.91 Å². The predicted molar refractivity (Wildman–Crippen MR) is 97.5 cm³/mol. The largest absolute Gasteiger partial charge is 0.352 e. The highest BCUT2D eigenvalue weighted by Crippen LogP contribution is 2.23. The van der Waals surface area contributed by atoms with Crippen LogP contribution in [-0.4, -0.2) is 37.0 Å². The molecule has 2 N–H and O–H groups in total. The summed E-state index contributed by atoms with van der Waals surface area (Å²) in [6.45, 7) is 10.5. The SMILES string of the molecule is CC1CC(C)CN(Cc2ccccc2CNC(=O)C2CCNC2)C1. The van der Waals surface area contributed by atoms with E-state index in [-0.39, 0.29) is 11.8 Å². The molecule has 1 aromatic rings. The highest BCUT2D eigenvalue weighted by atomic mass is 16.1. The smallest absolute Gasteiger partial charge is 0.224 e. The highest BCUT2D eigenvalue weighted by Gasteiger charge is 2.23. The Kier molecular flexibility index (Phi) is 5.90. The van der Waals surface area contributed by atoms with Crippen LogP contribution < -0.4 is 10.6 Å². The van der Waals surface area contributed by atoms with E-state index in [1.165, 1.54) is 30.6 Å². The molecule has 1 amide bonds. The Morgan fingerprint density at radius 2 is 1.92 bits per heavy atom. The number of hydrogen-bond donors (Lipinski definition) is 2. The zero-order valence-electron chi connectivity index (χ0n) is 15.1. The maximum atomic E-state index is 12.2. The molecule has 4 nitrogen and oxygen atoms in total. The number of likely N-dealkylation sites (tertiary alicyclic amines) is 1. The molecule has 2 fully saturated rings. The number of benzene rings is 1. The first-order chi connectivity index (χ1) is 11.6. The molecule has 0 aromatic heterocycles. The van der Waals surface area contributed by atoms with Crippen LogP contribution in [0.3, 0.4) is 0 Å². The number of carbonyl (C=O) groups is 1. The first kappa shape index (κ1) is 17.4. The van der Waals surface area contributed by atoms with Gasteiger partial charge < -0.3 is 10.6 Å². The number of carbonyl (C=O) groups excluding carboxylic acids is 1. The van der Waals surface area contributed by atoms with E-state index in [1.54, 1.807) is 0 Å². The highest BCUT2D eigenvalue weighted by molar-refractivity contribution is 5.79. The van der Waals surface area contributed by atoms with Crippen molar-refractivity contribution in [3.63, 3.8) is 0 Å². The third-order valence-electron chi connectivity index (χ3n) is 5.34. The lowest BCUT2D eigenvalue weighted by atomic mass is 9.91. The molecule has 3 rings (SSSR count). The van der Waals surface area contributed by atoms with Gasteiger partial charge in [0.05, 0.1) is 5.92 Å². The van der Waals surface area contributed by atoms with Crippen molar-refractivity contribution in [2.24, 2.45) is 17.8 Å². The summed E-state index contributed by atoms with van der Waals surface area (Å²) in [7, 11) is 0. The van der Waals surface area contributed by atoms with Crippen molar-refractivity contribution in [2.45, 2.75) is 39.8 Å². The molecule has 2 heterocycles. The molecule has 0 aliphatic carbocycles. The number of piperidine rings is 1. The summed E-state index contributed by atoms with van der Waals surface area (Å²) < 4.78 is 0. The first-order valence-electron chi connectivity index (χ1n) is 9.39. The van der Waals surface area contributed by atoms with Gasteiger partial charge in [0.25, 0.3) is 0 Å². The van der Waals surface area contributed by atoms with Crippen LogP contribution in [0.1, 0.15) is 37.8 Å². The second kappa shape index (κ2) is 8.13. The lowest BCUT2D eigenvalue weighted by Crippen LogP contribution is -2.38. The topological polar surface area (TPSA) is 44.4 Å². The van der Waals surface area contributed by atoms with Gasteiger partial charge in [-0.1, -0.05) is 38.1 Å². The van der Waals surface area contributed by atoms with Crippen LogP contribution in [0.5, 0.6) is 0 Å². The van der Waals surface area contributed by atoms with Crippen LogP contribution in [0, 0.1) is 17.8 Å². The monoisotopic (exact) mass is 329 g/mol. The molecule has 2 aliphatic heterocycles. The summed E-state index contributed by atoms with van der Waals surface area (Å²) in [4.78, 5) is 14.8. The van der Waals surface area contributed by atoms with Crippen LogP contribution in [0.2, 0.25) is 0 Å². The Labute approximate surface area is 146 Å². The third kappa shape index (κ3) is 4.58. The van der Waals surface area contributed by atoms with E-state index < -0.39 is 0 Å². The normalized spacial score (nSPS) is 28.0. The van der Waals surface area contributed by atoms with Crippen LogP contribution in [0.4, 0.5) is 0 Å². The van der Waals surface area contributed by atoms with Gasteiger partial charge in [-0.05, 0) is 42.3 Å². The molecular formula is C20H31N3O. The van der Waals surface area contributed by atoms with E-state index in [4.69, 9.17) is 0 Å². The lowest BCUT2D eigenvalue weighted by Gasteiger charge is -2.35. The van der Waals surface area contributed by atoms with Crippen molar-refractivity contribution in [1.29, 1.82) is 0 Å². The quantitative estimate of drug-likeness (QED) is 0.872. The molecule has 2 aliphatic rings. The number of nitrogens with one attached hydrogen (secondary N) is 2. The summed E-state index contributed by atoms with van der Waals surface area (Å²) in [5, 5.41) is 6.40. The fraction of sp³-hybridized carbons (Fsp3) is 0.650. The molecular weight excluding hydrogens is 298 g/mol. The molecule has 132 valence electrons. The van der Waals surface area contributed by atoms with E-state index in [2.05, 4.69) is 53.6 Å². The van der Waals surface area contributed by atoms with Gasteiger partial charge in [0.15, 0.2) is 0 Å². The summed E-state index contributed by atoms with van der Waals surface area (Å²) >= 11 is 0. The van der Waals surface area contributed by atoms with Gasteiger partial charge in [-0.25, -0.2) is 0 Å². The second-order valence-corrected chi connectivity index (χ2v) is 7.82. The zero-order valence-corrected chi connectivity index (χ0v) is 15.1. The van der Waals surface area contributed by atoms with Crippen molar-refractivity contribution < 1.29 is 4.79 Å². The molecule has 0 bridgehead atoms. The number of amides is 1. The maximum Gasteiger partial charge on any atom is 0.224 e. The van der Waals surface area contributed by atoms with E-state index >= 15 is 0 Å². The van der Waals surface area contributed by atoms with Crippen molar-refractivity contribution in [2.75, 3.05) is 26.2 Å². The van der Waals surface area contributed by atoms with Crippen molar-refractivity contribution in [3.05, 3.63) is 35.4 Å². The standard InChI is InChI=1S/C20H31N3O/c1-15-9-16(2)13-23(12-15)14-19-6-4-3-5-17(19)11-22-20(24)18-7-8-21-10-18/h3-6,15-16,18,21H,7-14H2,1-2H3,(H,22,24). The predicted octanol–water partition coefficient (Wildman–Crippen LogP) is 2.39. The molecule has 0 saturated carbocycles. The fourth-order valence-corrected chi connectivity index (χ4v) is 4.25. The minimum atomic E-state index is 0.140. The molecule has 1 aromatic carbocycles. The summed E-state index contributed by atoms with van der Waals surface area (Å²) in [5.74, 6) is 1.88. The van der Waals surface area contributed by atoms with Gasteiger partial charge in [-0.2, -0.15) is 0 Å². The zero-order chi connectivity index (χ0) is 16.9. The van der Waals surface area contributed by atoms with E-state index in [0.717, 1.165) is 37.9 Å². The number of hydrogen-bond acceptors (Lipinski definition) is 3.